The fourth-order valence-corrected chi connectivity index (χ4v) is 3.64. The van der Waals surface area contributed by atoms with Crippen molar-refractivity contribution in [2.75, 3.05) is 6.54 Å². The zero-order valence-corrected chi connectivity index (χ0v) is 17.0. The molecule has 28 heavy (non-hydrogen) atoms. The van der Waals surface area contributed by atoms with Crippen molar-refractivity contribution >= 4 is 38.9 Å². The molecule has 0 spiro atoms. The minimum Gasteiger partial charge on any atom is -0.449 e. The summed E-state index contributed by atoms with van der Waals surface area (Å²) in [4.78, 5) is 24.4. The number of ether oxygens (including phenoxy) is 1. The van der Waals surface area contributed by atoms with Gasteiger partial charge in [-0.3, -0.25) is 4.79 Å². The van der Waals surface area contributed by atoms with Crippen molar-refractivity contribution in [1.82, 2.24) is 5.32 Å². The molecule has 2 amide bonds. The molecule has 2 aromatic carbocycles. The number of carbonyl (C=O) groups is 2. The predicted molar refractivity (Wildman–Crippen MR) is 110 cm³/mol. The van der Waals surface area contributed by atoms with Crippen LogP contribution in [0.25, 0.3) is 11.0 Å². The zero-order chi connectivity index (χ0) is 20.1. The fourth-order valence-electron chi connectivity index (χ4n) is 3.11. The van der Waals surface area contributed by atoms with Gasteiger partial charge in [0, 0.05) is 23.9 Å². The summed E-state index contributed by atoms with van der Waals surface area (Å²) in [5, 5.41) is 3.68. The maximum atomic E-state index is 12.9. The third kappa shape index (κ3) is 4.54. The van der Waals surface area contributed by atoms with Gasteiger partial charge in [-0.2, -0.15) is 0 Å². The van der Waals surface area contributed by atoms with Gasteiger partial charge in [0.2, 0.25) is 0 Å². The Bertz CT molecular complexity index is 986. The summed E-state index contributed by atoms with van der Waals surface area (Å²) in [6.07, 6.45) is -0.230. The molecule has 0 saturated heterocycles. The van der Waals surface area contributed by atoms with Gasteiger partial charge in [-0.1, -0.05) is 48.5 Å². The first-order valence-electron chi connectivity index (χ1n) is 8.85. The number of nitrogens with one attached hydrogen (secondary N) is 1. The number of furan rings is 1. The second-order valence-electron chi connectivity index (χ2n) is 6.67. The van der Waals surface area contributed by atoms with Crippen LogP contribution in [0.5, 0.6) is 0 Å². The lowest BCUT2D eigenvalue weighted by molar-refractivity contribution is -0.138. The SMILES string of the molecule is CC(Cc1c(Br)oc2ccccc12)(OC(N)=O)C(=O)NCCc1ccccc1. The van der Waals surface area contributed by atoms with E-state index in [1.54, 1.807) is 6.92 Å². The first-order chi connectivity index (χ1) is 13.4. The Labute approximate surface area is 171 Å². The lowest BCUT2D eigenvalue weighted by atomic mass is 9.94. The molecule has 7 heteroatoms. The Balaban J connectivity index is 1.78. The van der Waals surface area contributed by atoms with E-state index in [1.165, 1.54) is 0 Å². The third-order valence-electron chi connectivity index (χ3n) is 4.51. The number of rotatable bonds is 7. The number of halogens is 1. The lowest BCUT2D eigenvalue weighted by Crippen LogP contribution is -2.50. The van der Waals surface area contributed by atoms with Crippen molar-refractivity contribution in [2.24, 2.45) is 5.73 Å². The number of primary amides is 1. The number of fused-ring (bicyclic) bond motifs is 1. The molecule has 0 aliphatic carbocycles. The first kappa shape index (κ1) is 19.9. The summed E-state index contributed by atoms with van der Waals surface area (Å²) in [5.74, 6) is -0.417. The summed E-state index contributed by atoms with van der Waals surface area (Å²) < 4.78 is 11.4. The molecule has 1 atom stereocenters. The smallest absolute Gasteiger partial charge is 0.405 e. The van der Waals surface area contributed by atoms with Gasteiger partial charge in [0.15, 0.2) is 10.3 Å². The molecule has 0 aliphatic heterocycles. The summed E-state index contributed by atoms with van der Waals surface area (Å²) in [6.45, 7) is 1.96. The van der Waals surface area contributed by atoms with E-state index in [1.807, 2.05) is 54.6 Å². The Kier molecular flexibility index (Phi) is 6.04. The van der Waals surface area contributed by atoms with Gasteiger partial charge in [0.1, 0.15) is 5.58 Å². The van der Waals surface area contributed by atoms with Crippen molar-refractivity contribution in [2.45, 2.75) is 25.4 Å². The molecule has 1 unspecified atom stereocenters. The topological polar surface area (TPSA) is 94.6 Å². The molecule has 146 valence electrons. The van der Waals surface area contributed by atoms with Crippen LogP contribution in [0.4, 0.5) is 4.79 Å². The molecule has 1 heterocycles. The van der Waals surface area contributed by atoms with Crippen molar-refractivity contribution in [3.63, 3.8) is 0 Å². The van der Waals surface area contributed by atoms with Gasteiger partial charge in [-0.25, -0.2) is 4.79 Å². The van der Waals surface area contributed by atoms with Crippen LogP contribution in [-0.2, 0) is 22.4 Å². The minimum atomic E-state index is -1.47. The highest BCUT2D eigenvalue weighted by atomic mass is 79.9. The van der Waals surface area contributed by atoms with E-state index in [2.05, 4.69) is 21.2 Å². The Morgan fingerprint density at radius 2 is 1.82 bits per heavy atom. The predicted octanol–water partition coefficient (Wildman–Crippen LogP) is 3.95. The maximum absolute atomic E-state index is 12.9. The number of hydrogen-bond acceptors (Lipinski definition) is 4. The standard InChI is InChI=1S/C21H21BrN2O4/c1-21(28-20(23)26,19(25)24-12-11-14-7-3-2-4-8-14)13-16-15-9-5-6-10-17(15)27-18(16)22/h2-10H,11-13H2,1H3,(H2,23,26)(H,24,25). The zero-order valence-electron chi connectivity index (χ0n) is 15.4. The van der Waals surface area contributed by atoms with Gasteiger partial charge < -0.3 is 20.2 Å². The Morgan fingerprint density at radius 3 is 2.54 bits per heavy atom. The molecular weight excluding hydrogens is 424 g/mol. The molecule has 0 fully saturated rings. The van der Waals surface area contributed by atoms with Crippen LogP contribution >= 0.6 is 15.9 Å². The second-order valence-corrected chi connectivity index (χ2v) is 7.39. The molecule has 0 saturated carbocycles. The summed E-state index contributed by atoms with van der Waals surface area (Å²) in [7, 11) is 0. The molecule has 3 N–H and O–H groups in total. The third-order valence-corrected chi connectivity index (χ3v) is 5.15. The van der Waals surface area contributed by atoms with E-state index in [4.69, 9.17) is 14.9 Å². The van der Waals surface area contributed by atoms with Crippen LogP contribution < -0.4 is 11.1 Å². The molecule has 0 radical (unpaired) electrons. The molecular formula is C21H21BrN2O4. The van der Waals surface area contributed by atoms with Crippen LogP contribution in [0, 0.1) is 0 Å². The molecule has 3 aromatic rings. The number of amides is 2. The highest BCUT2D eigenvalue weighted by Crippen LogP contribution is 2.33. The largest absolute Gasteiger partial charge is 0.449 e. The van der Waals surface area contributed by atoms with Crippen LogP contribution in [0.2, 0.25) is 0 Å². The van der Waals surface area contributed by atoms with Gasteiger partial charge in [-0.05, 0) is 40.9 Å². The average Bonchev–Trinajstić information content (AvgIpc) is 2.97. The van der Waals surface area contributed by atoms with Crippen LogP contribution in [-0.4, -0.2) is 24.1 Å². The molecule has 3 rings (SSSR count). The van der Waals surface area contributed by atoms with Crippen molar-refractivity contribution < 1.29 is 18.7 Å². The number of nitrogens with two attached hydrogens (primary N) is 1. The van der Waals surface area contributed by atoms with Gasteiger partial charge in [-0.15, -0.1) is 0 Å². The number of hydrogen-bond donors (Lipinski definition) is 2. The van der Waals surface area contributed by atoms with E-state index in [0.29, 0.717) is 23.2 Å². The highest BCUT2D eigenvalue weighted by molar-refractivity contribution is 9.10. The minimum absolute atomic E-state index is 0.116. The van der Waals surface area contributed by atoms with E-state index in [9.17, 15) is 9.59 Å². The van der Waals surface area contributed by atoms with Crippen LogP contribution in [0.3, 0.4) is 0 Å². The van der Waals surface area contributed by atoms with E-state index >= 15 is 0 Å². The maximum Gasteiger partial charge on any atom is 0.405 e. The number of para-hydroxylation sites is 1. The lowest BCUT2D eigenvalue weighted by Gasteiger charge is -2.27. The van der Waals surface area contributed by atoms with Gasteiger partial charge in [0.25, 0.3) is 5.91 Å². The molecule has 1 aromatic heterocycles. The van der Waals surface area contributed by atoms with Crippen molar-refractivity contribution in [1.29, 1.82) is 0 Å². The Hall–Kier alpha value is -2.80. The normalized spacial score (nSPS) is 13.1. The van der Waals surface area contributed by atoms with Crippen molar-refractivity contribution in [3.05, 3.63) is 70.4 Å². The van der Waals surface area contributed by atoms with Crippen molar-refractivity contribution in [3.8, 4) is 0 Å². The average molecular weight is 445 g/mol. The molecule has 6 nitrogen and oxygen atoms in total. The first-order valence-corrected chi connectivity index (χ1v) is 9.65. The number of carbonyl (C=O) groups excluding carboxylic acids is 2. The van der Waals surface area contributed by atoms with Crippen LogP contribution in [0.1, 0.15) is 18.1 Å². The van der Waals surface area contributed by atoms with E-state index in [-0.39, 0.29) is 6.42 Å². The molecule has 0 aliphatic rings. The van der Waals surface area contributed by atoms with Gasteiger partial charge in [0.05, 0.1) is 0 Å². The van der Waals surface area contributed by atoms with Crippen LogP contribution in [0.15, 0.2) is 63.7 Å². The number of benzene rings is 2. The Morgan fingerprint density at radius 1 is 1.14 bits per heavy atom. The van der Waals surface area contributed by atoms with E-state index < -0.39 is 17.6 Å². The quantitative estimate of drug-likeness (QED) is 0.576. The second kappa shape index (κ2) is 8.48. The monoisotopic (exact) mass is 444 g/mol. The summed E-state index contributed by atoms with van der Waals surface area (Å²) in [6, 6.07) is 17.2. The summed E-state index contributed by atoms with van der Waals surface area (Å²) >= 11 is 3.39. The highest BCUT2D eigenvalue weighted by Gasteiger charge is 2.39. The molecule has 0 bridgehead atoms. The summed E-state index contributed by atoms with van der Waals surface area (Å²) in [5.41, 5.74) is 6.28. The van der Waals surface area contributed by atoms with E-state index in [0.717, 1.165) is 16.5 Å². The van der Waals surface area contributed by atoms with Gasteiger partial charge >= 0.3 is 6.09 Å². The fraction of sp³-hybridized carbons (Fsp3) is 0.238.